The number of para-hydroxylation sites is 3. The van der Waals surface area contributed by atoms with Gasteiger partial charge in [-0.3, -0.25) is 0 Å². The van der Waals surface area contributed by atoms with Gasteiger partial charge in [-0.2, -0.15) is 0 Å². The Kier molecular flexibility index (Phi) is 6.55. The summed E-state index contributed by atoms with van der Waals surface area (Å²) in [5, 5.41) is 9.18. The summed E-state index contributed by atoms with van der Waals surface area (Å²) in [6, 6.07) is 66.8. The van der Waals surface area contributed by atoms with E-state index in [4.69, 9.17) is 8.83 Å². The minimum absolute atomic E-state index is 0.888. The zero-order valence-corrected chi connectivity index (χ0v) is 28.7. The van der Waals surface area contributed by atoms with Gasteiger partial charge in [-0.05, 0) is 70.4 Å². The molecule has 9 aromatic carbocycles. The second kappa shape index (κ2) is 11.7. The summed E-state index contributed by atoms with van der Waals surface area (Å²) < 4.78 is 12.9. The summed E-state index contributed by atoms with van der Waals surface area (Å²) >= 11 is 0. The lowest BCUT2D eigenvalue weighted by Gasteiger charge is -2.29. The Labute approximate surface area is 305 Å². The Hall–Kier alpha value is -7.10. The van der Waals surface area contributed by atoms with Gasteiger partial charge < -0.3 is 13.7 Å². The molecule has 0 unspecified atom stereocenters. The molecule has 0 atom stereocenters. The molecular formula is C50H31NO2. The van der Waals surface area contributed by atoms with Gasteiger partial charge in [0.15, 0.2) is 0 Å². The second-order valence-electron chi connectivity index (χ2n) is 13.7. The van der Waals surface area contributed by atoms with Crippen molar-refractivity contribution in [1.82, 2.24) is 0 Å². The molecule has 11 rings (SSSR count). The highest BCUT2D eigenvalue weighted by molar-refractivity contribution is 6.16. The molecular weight excluding hydrogens is 647 g/mol. The molecule has 0 saturated heterocycles. The van der Waals surface area contributed by atoms with E-state index < -0.39 is 0 Å². The smallest absolute Gasteiger partial charge is 0.143 e. The van der Waals surface area contributed by atoms with E-state index in [0.29, 0.717) is 0 Å². The number of anilines is 3. The summed E-state index contributed by atoms with van der Waals surface area (Å²) in [7, 11) is 0. The van der Waals surface area contributed by atoms with Gasteiger partial charge in [0.05, 0.1) is 11.4 Å². The van der Waals surface area contributed by atoms with E-state index in [9.17, 15) is 0 Å². The van der Waals surface area contributed by atoms with Crippen LogP contribution in [0.4, 0.5) is 17.1 Å². The molecule has 248 valence electrons. The third kappa shape index (κ3) is 4.68. The summed E-state index contributed by atoms with van der Waals surface area (Å²) in [6.45, 7) is 0. The highest BCUT2D eigenvalue weighted by Crippen LogP contribution is 2.45. The SMILES string of the molecule is c1ccc(N(c2ccc(-c3cccc4c3oc3ccccc34)cc2)c2cccc3ccccc23)c(-c2ccc3oc4c5ccccc5ccc4c3c2)c1. The molecule has 0 aliphatic rings. The fourth-order valence-electron chi connectivity index (χ4n) is 8.16. The van der Waals surface area contributed by atoms with Crippen LogP contribution < -0.4 is 4.90 Å². The number of hydrogen-bond acceptors (Lipinski definition) is 3. The number of rotatable bonds is 5. The van der Waals surface area contributed by atoms with Gasteiger partial charge in [-0.1, -0.05) is 140 Å². The monoisotopic (exact) mass is 677 g/mol. The first-order valence-electron chi connectivity index (χ1n) is 18.0. The van der Waals surface area contributed by atoms with Gasteiger partial charge in [0.1, 0.15) is 22.3 Å². The Morgan fingerprint density at radius 1 is 0.321 bits per heavy atom. The van der Waals surface area contributed by atoms with Crippen LogP contribution in [0.2, 0.25) is 0 Å². The predicted molar refractivity (Wildman–Crippen MR) is 222 cm³/mol. The van der Waals surface area contributed by atoms with Crippen LogP contribution in [-0.4, -0.2) is 0 Å². The lowest BCUT2D eigenvalue weighted by atomic mass is 9.98. The number of benzene rings is 9. The highest BCUT2D eigenvalue weighted by atomic mass is 16.3. The van der Waals surface area contributed by atoms with Crippen molar-refractivity contribution in [2.45, 2.75) is 0 Å². The molecule has 0 N–H and O–H groups in total. The van der Waals surface area contributed by atoms with Crippen molar-refractivity contribution in [2.24, 2.45) is 0 Å². The largest absolute Gasteiger partial charge is 0.455 e. The summed E-state index contributed by atoms with van der Waals surface area (Å²) in [5.41, 5.74) is 11.3. The molecule has 3 nitrogen and oxygen atoms in total. The van der Waals surface area contributed by atoms with Gasteiger partial charge in [0.2, 0.25) is 0 Å². The number of hydrogen-bond donors (Lipinski definition) is 0. The predicted octanol–water partition coefficient (Wildman–Crippen LogP) is 14.6. The zero-order chi connectivity index (χ0) is 34.9. The van der Waals surface area contributed by atoms with Gasteiger partial charge >= 0.3 is 0 Å². The van der Waals surface area contributed by atoms with Crippen LogP contribution in [0.5, 0.6) is 0 Å². The van der Waals surface area contributed by atoms with Gasteiger partial charge in [0, 0.05) is 49.1 Å². The first kappa shape index (κ1) is 29.6. The molecule has 0 amide bonds. The third-order valence-corrected chi connectivity index (χ3v) is 10.7. The molecule has 3 heteroatoms. The summed E-state index contributed by atoms with van der Waals surface area (Å²) in [5.74, 6) is 0. The third-order valence-electron chi connectivity index (χ3n) is 10.7. The number of nitrogens with zero attached hydrogens (tertiary/aromatic N) is 1. The molecule has 11 aromatic rings. The van der Waals surface area contributed by atoms with E-state index >= 15 is 0 Å². The van der Waals surface area contributed by atoms with Gasteiger partial charge in [-0.15, -0.1) is 0 Å². The average Bonchev–Trinajstić information content (AvgIpc) is 3.80. The second-order valence-corrected chi connectivity index (χ2v) is 13.7. The van der Waals surface area contributed by atoms with Gasteiger partial charge in [-0.25, -0.2) is 0 Å². The zero-order valence-electron chi connectivity index (χ0n) is 28.7. The molecule has 0 spiro atoms. The van der Waals surface area contributed by atoms with E-state index in [0.717, 1.165) is 88.6 Å². The van der Waals surface area contributed by atoms with Crippen LogP contribution in [0.25, 0.3) is 87.7 Å². The molecule has 2 aromatic heterocycles. The normalized spacial score (nSPS) is 11.8. The van der Waals surface area contributed by atoms with Crippen LogP contribution in [0.15, 0.2) is 197 Å². The maximum Gasteiger partial charge on any atom is 0.143 e. The summed E-state index contributed by atoms with van der Waals surface area (Å²) in [4.78, 5) is 2.40. The number of furan rings is 2. The molecule has 0 fully saturated rings. The molecule has 0 bridgehead atoms. The van der Waals surface area contributed by atoms with Crippen LogP contribution in [0.1, 0.15) is 0 Å². The quantitative estimate of drug-likeness (QED) is 0.182. The molecule has 0 saturated carbocycles. The van der Waals surface area contributed by atoms with Crippen LogP contribution in [0, 0.1) is 0 Å². The topological polar surface area (TPSA) is 29.5 Å². The maximum absolute atomic E-state index is 6.50. The van der Waals surface area contributed by atoms with Crippen molar-refractivity contribution in [2.75, 3.05) is 4.90 Å². The fraction of sp³-hybridized carbons (Fsp3) is 0. The van der Waals surface area contributed by atoms with Crippen molar-refractivity contribution in [3.63, 3.8) is 0 Å². The Bertz CT molecular complexity index is 3180. The molecule has 0 aliphatic heterocycles. The van der Waals surface area contributed by atoms with Crippen LogP contribution >= 0.6 is 0 Å². The minimum Gasteiger partial charge on any atom is -0.455 e. The van der Waals surface area contributed by atoms with Crippen molar-refractivity contribution in [3.8, 4) is 22.3 Å². The fourth-order valence-corrected chi connectivity index (χ4v) is 8.16. The molecule has 0 aliphatic carbocycles. The lowest BCUT2D eigenvalue weighted by molar-refractivity contribution is 0.670. The van der Waals surface area contributed by atoms with E-state index in [2.05, 4.69) is 181 Å². The van der Waals surface area contributed by atoms with E-state index in [1.165, 1.54) is 16.2 Å². The average molecular weight is 678 g/mol. The first-order valence-corrected chi connectivity index (χ1v) is 18.0. The molecule has 0 radical (unpaired) electrons. The van der Waals surface area contributed by atoms with Crippen molar-refractivity contribution in [3.05, 3.63) is 188 Å². The molecule has 53 heavy (non-hydrogen) atoms. The Morgan fingerprint density at radius 3 is 1.79 bits per heavy atom. The highest BCUT2D eigenvalue weighted by Gasteiger charge is 2.21. The Balaban J connectivity index is 1.09. The van der Waals surface area contributed by atoms with Crippen molar-refractivity contribution >= 4 is 82.5 Å². The van der Waals surface area contributed by atoms with Crippen molar-refractivity contribution in [1.29, 1.82) is 0 Å². The number of fused-ring (bicyclic) bond motifs is 9. The first-order chi connectivity index (χ1) is 26.3. The van der Waals surface area contributed by atoms with Crippen molar-refractivity contribution < 1.29 is 8.83 Å². The van der Waals surface area contributed by atoms with E-state index in [-0.39, 0.29) is 0 Å². The maximum atomic E-state index is 6.50. The van der Waals surface area contributed by atoms with E-state index in [1.807, 2.05) is 12.1 Å². The van der Waals surface area contributed by atoms with Crippen LogP contribution in [-0.2, 0) is 0 Å². The molecule has 2 heterocycles. The lowest BCUT2D eigenvalue weighted by Crippen LogP contribution is -2.11. The van der Waals surface area contributed by atoms with Gasteiger partial charge in [0.25, 0.3) is 0 Å². The van der Waals surface area contributed by atoms with E-state index in [1.54, 1.807) is 0 Å². The Morgan fingerprint density at radius 2 is 0.906 bits per heavy atom. The van der Waals surface area contributed by atoms with Crippen LogP contribution in [0.3, 0.4) is 0 Å². The minimum atomic E-state index is 0.888. The summed E-state index contributed by atoms with van der Waals surface area (Å²) in [6.07, 6.45) is 0. The standard InChI is InChI=1S/C50H31NO2/c1-3-14-37-32(11-1)13-9-21-46(37)51(36-27-23-34(24-28-36)40-18-10-19-42-41-17-6-8-22-47(41)52-49(40)42)45-20-7-5-15-38(45)35-26-30-48-44(31-35)43-29-25-33-12-2-4-16-39(33)50(43)53-48/h1-31H.